The molecule has 0 atom stereocenters. The number of nitrogens with one attached hydrogen (secondary N) is 2. The molecule has 0 unspecified atom stereocenters. The van der Waals surface area contributed by atoms with Gasteiger partial charge in [-0.2, -0.15) is 5.10 Å². The topological polar surface area (TPSA) is 59.0 Å². The largest absolute Gasteiger partial charge is 0.338 e. The first-order valence-corrected chi connectivity index (χ1v) is 8.34. The number of carbonyl (C=O) groups excluding carboxylic acids is 1. The third-order valence-electron chi connectivity index (χ3n) is 4.12. The zero-order chi connectivity index (χ0) is 17.6. The summed E-state index contributed by atoms with van der Waals surface area (Å²) < 4.78 is 1.83. The van der Waals surface area contributed by atoms with Gasteiger partial charge in [-0.25, -0.2) is 9.48 Å². The highest BCUT2D eigenvalue weighted by Gasteiger charge is 2.05. The molecule has 2 aromatic carbocycles. The molecule has 0 fully saturated rings. The van der Waals surface area contributed by atoms with Crippen molar-refractivity contribution in [2.45, 2.75) is 20.3 Å². The van der Waals surface area contributed by atoms with Crippen molar-refractivity contribution in [2.24, 2.45) is 0 Å². The van der Waals surface area contributed by atoms with E-state index < -0.39 is 0 Å². The van der Waals surface area contributed by atoms with E-state index in [1.54, 1.807) is 6.20 Å². The Morgan fingerprint density at radius 2 is 1.92 bits per heavy atom. The number of aryl methyl sites for hydroxylation is 2. The summed E-state index contributed by atoms with van der Waals surface area (Å²) in [6.07, 6.45) is 2.57. The fourth-order valence-electron chi connectivity index (χ4n) is 2.73. The van der Waals surface area contributed by atoms with Gasteiger partial charge in [0, 0.05) is 24.1 Å². The van der Waals surface area contributed by atoms with Crippen LogP contribution in [0.15, 0.2) is 60.8 Å². The second-order valence-electron chi connectivity index (χ2n) is 5.99. The summed E-state index contributed by atoms with van der Waals surface area (Å²) in [5.41, 5.74) is 5.19. The number of benzene rings is 2. The van der Waals surface area contributed by atoms with Gasteiger partial charge < -0.3 is 10.6 Å². The lowest BCUT2D eigenvalue weighted by Gasteiger charge is -2.10. The summed E-state index contributed by atoms with van der Waals surface area (Å²) in [7, 11) is 0. The van der Waals surface area contributed by atoms with E-state index in [4.69, 9.17) is 0 Å². The number of rotatable bonds is 5. The van der Waals surface area contributed by atoms with Crippen molar-refractivity contribution in [2.75, 3.05) is 11.9 Å². The van der Waals surface area contributed by atoms with Gasteiger partial charge in [-0.3, -0.25) is 0 Å². The molecule has 25 heavy (non-hydrogen) atoms. The Balaban J connectivity index is 1.56. The monoisotopic (exact) mass is 334 g/mol. The molecular weight excluding hydrogens is 312 g/mol. The van der Waals surface area contributed by atoms with E-state index in [0.29, 0.717) is 6.54 Å². The molecule has 0 radical (unpaired) electrons. The highest BCUT2D eigenvalue weighted by Crippen LogP contribution is 2.15. The Labute approximate surface area is 147 Å². The average Bonchev–Trinajstić information content (AvgIpc) is 3.03. The molecule has 0 saturated carbocycles. The zero-order valence-corrected chi connectivity index (χ0v) is 14.5. The maximum atomic E-state index is 12.1. The standard InChI is InChI=1S/C20H22N4O/c1-15-6-3-4-7-17(15)11-12-21-20(25)23-18-8-5-9-19(14-18)24-16(2)10-13-22-24/h3-10,13-14H,11-12H2,1-2H3,(H2,21,23,25). The van der Waals surface area contributed by atoms with Crippen LogP contribution in [0.25, 0.3) is 5.69 Å². The van der Waals surface area contributed by atoms with Crippen molar-refractivity contribution in [3.05, 3.63) is 77.6 Å². The van der Waals surface area contributed by atoms with Crippen LogP contribution in [0.3, 0.4) is 0 Å². The number of urea groups is 1. The summed E-state index contributed by atoms with van der Waals surface area (Å²) in [6.45, 7) is 4.66. The van der Waals surface area contributed by atoms with Crippen LogP contribution >= 0.6 is 0 Å². The van der Waals surface area contributed by atoms with E-state index in [0.717, 1.165) is 23.5 Å². The molecule has 2 amide bonds. The minimum absolute atomic E-state index is 0.206. The normalized spacial score (nSPS) is 10.5. The molecule has 0 spiro atoms. The van der Waals surface area contributed by atoms with E-state index in [9.17, 15) is 4.79 Å². The predicted octanol–water partition coefficient (Wildman–Crippen LogP) is 3.85. The maximum absolute atomic E-state index is 12.1. The van der Waals surface area contributed by atoms with Crippen LogP contribution in [0.1, 0.15) is 16.8 Å². The van der Waals surface area contributed by atoms with E-state index in [-0.39, 0.29) is 6.03 Å². The van der Waals surface area contributed by atoms with Crippen molar-refractivity contribution in [1.82, 2.24) is 15.1 Å². The van der Waals surface area contributed by atoms with Gasteiger partial charge in [0.25, 0.3) is 0 Å². The highest BCUT2D eigenvalue weighted by molar-refractivity contribution is 5.89. The Morgan fingerprint density at radius 3 is 2.68 bits per heavy atom. The molecular formula is C20H22N4O. The molecule has 1 aromatic heterocycles. The Morgan fingerprint density at radius 1 is 1.08 bits per heavy atom. The molecule has 5 nitrogen and oxygen atoms in total. The number of hydrogen-bond acceptors (Lipinski definition) is 2. The van der Waals surface area contributed by atoms with Crippen LogP contribution in [0.4, 0.5) is 10.5 Å². The van der Waals surface area contributed by atoms with Crippen molar-refractivity contribution in [1.29, 1.82) is 0 Å². The van der Waals surface area contributed by atoms with Gasteiger partial charge in [0.2, 0.25) is 0 Å². The smallest absolute Gasteiger partial charge is 0.319 e. The van der Waals surface area contributed by atoms with Crippen LogP contribution in [0, 0.1) is 13.8 Å². The minimum atomic E-state index is -0.206. The van der Waals surface area contributed by atoms with Gasteiger partial charge in [0.05, 0.1) is 5.69 Å². The zero-order valence-electron chi connectivity index (χ0n) is 14.5. The van der Waals surface area contributed by atoms with Crippen LogP contribution in [-0.4, -0.2) is 22.4 Å². The molecule has 3 aromatic rings. The molecule has 0 aliphatic carbocycles. The SMILES string of the molecule is Cc1ccccc1CCNC(=O)Nc1cccc(-n2nccc2C)c1. The Kier molecular flexibility index (Phi) is 5.14. The lowest BCUT2D eigenvalue weighted by Crippen LogP contribution is -2.30. The lowest BCUT2D eigenvalue weighted by atomic mass is 10.1. The molecule has 3 rings (SSSR count). The molecule has 0 bridgehead atoms. The molecule has 0 aliphatic rings. The third kappa shape index (κ3) is 4.26. The summed E-state index contributed by atoms with van der Waals surface area (Å²) >= 11 is 0. The van der Waals surface area contributed by atoms with Crippen LogP contribution in [0.5, 0.6) is 0 Å². The van der Waals surface area contributed by atoms with Crippen LogP contribution in [0.2, 0.25) is 0 Å². The second kappa shape index (κ2) is 7.66. The summed E-state index contributed by atoms with van der Waals surface area (Å²) in [6, 6.07) is 17.6. The number of anilines is 1. The summed E-state index contributed by atoms with van der Waals surface area (Å²) in [5.74, 6) is 0. The maximum Gasteiger partial charge on any atom is 0.319 e. The van der Waals surface area contributed by atoms with Crippen LogP contribution < -0.4 is 10.6 Å². The predicted molar refractivity (Wildman–Crippen MR) is 100 cm³/mol. The van der Waals surface area contributed by atoms with E-state index in [1.165, 1.54) is 11.1 Å². The minimum Gasteiger partial charge on any atom is -0.338 e. The number of hydrogen-bond donors (Lipinski definition) is 2. The van der Waals surface area contributed by atoms with E-state index in [1.807, 2.05) is 54.1 Å². The fraction of sp³-hybridized carbons (Fsp3) is 0.200. The number of nitrogens with zero attached hydrogens (tertiary/aromatic N) is 2. The fourth-order valence-corrected chi connectivity index (χ4v) is 2.73. The van der Waals surface area contributed by atoms with Gasteiger partial charge in [0.15, 0.2) is 0 Å². The van der Waals surface area contributed by atoms with Gasteiger partial charge in [-0.15, -0.1) is 0 Å². The van der Waals surface area contributed by atoms with Gasteiger partial charge in [-0.05, 0) is 55.7 Å². The van der Waals surface area contributed by atoms with E-state index in [2.05, 4.69) is 34.8 Å². The summed E-state index contributed by atoms with van der Waals surface area (Å²) in [5, 5.41) is 10.1. The van der Waals surface area contributed by atoms with Gasteiger partial charge >= 0.3 is 6.03 Å². The molecule has 2 N–H and O–H groups in total. The first kappa shape index (κ1) is 16.8. The molecule has 0 saturated heterocycles. The Hall–Kier alpha value is -3.08. The van der Waals surface area contributed by atoms with Crippen molar-refractivity contribution >= 4 is 11.7 Å². The first-order valence-electron chi connectivity index (χ1n) is 8.34. The number of amides is 2. The average molecular weight is 334 g/mol. The molecule has 1 heterocycles. The Bertz CT molecular complexity index is 869. The molecule has 5 heteroatoms. The van der Waals surface area contributed by atoms with Gasteiger partial charge in [0.1, 0.15) is 0 Å². The third-order valence-corrected chi connectivity index (χ3v) is 4.12. The second-order valence-corrected chi connectivity index (χ2v) is 5.99. The van der Waals surface area contributed by atoms with Crippen molar-refractivity contribution in [3.8, 4) is 5.69 Å². The molecule has 128 valence electrons. The summed E-state index contributed by atoms with van der Waals surface area (Å²) in [4.78, 5) is 12.1. The lowest BCUT2D eigenvalue weighted by molar-refractivity contribution is 0.252. The quantitative estimate of drug-likeness (QED) is 0.744. The van der Waals surface area contributed by atoms with Crippen LogP contribution in [-0.2, 0) is 6.42 Å². The first-order chi connectivity index (χ1) is 12.1. The van der Waals surface area contributed by atoms with E-state index >= 15 is 0 Å². The highest BCUT2D eigenvalue weighted by atomic mass is 16.2. The van der Waals surface area contributed by atoms with Crippen molar-refractivity contribution in [3.63, 3.8) is 0 Å². The number of aromatic nitrogens is 2. The molecule has 0 aliphatic heterocycles. The number of carbonyl (C=O) groups is 1. The van der Waals surface area contributed by atoms with Crippen molar-refractivity contribution < 1.29 is 4.79 Å². The van der Waals surface area contributed by atoms with Gasteiger partial charge in [-0.1, -0.05) is 30.3 Å².